The van der Waals surface area contributed by atoms with Gasteiger partial charge >= 0.3 is 0 Å². The van der Waals surface area contributed by atoms with E-state index >= 15 is 0 Å². The van der Waals surface area contributed by atoms with Crippen LogP contribution >= 0.6 is 0 Å². The van der Waals surface area contributed by atoms with Crippen LogP contribution in [0.15, 0.2) is 18.2 Å². The number of carbonyl (C=O) groups excluding carboxylic acids is 1. The lowest BCUT2D eigenvalue weighted by Gasteiger charge is -2.18. The molecule has 0 radical (unpaired) electrons. The third kappa shape index (κ3) is 3.51. The highest BCUT2D eigenvalue weighted by Gasteiger charge is 2.25. The molecule has 1 aromatic rings. The van der Waals surface area contributed by atoms with E-state index in [1.165, 1.54) is 11.1 Å². The third-order valence-electron chi connectivity index (χ3n) is 4.03. The van der Waals surface area contributed by atoms with Crippen molar-refractivity contribution in [1.29, 1.82) is 0 Å². The van der Waals surface area contributed by atoms with Crippen molar-refractivity contribution in [1.82, 2.24) is 10.2 Å². The second-order valence-corrected chi connectivity index (χ2v) is 5.67. The minimum Gasteiger partial charge on any atom is -0.376 e. The molecule has 1 aliphatic heterocycles. The molecule has 1 unspecified atom stereocenters. The van der Waals surface area contributed by atoms with Crippen LogP contribution in [-0.2, 0) is 4.79 Å². The number of rotatable bonds is 5. The van der Waals surface area contributed by atoms with Crippen molar-refractivity contribution in [3.05, 3.63) is 29.3 Å². The van der Waals surface area contributed by atoms with Crippen LogP contribution in [0.1, 0.15) is 17.5 Å². The van der Waals surface area contributed by atoms with Crippen LogP contribution in [0.4, 0.5) is 5.69 Å². The van der Waals surface area contributed by atoms with Gasteiger partial charge in [0.15, 0.2) is 0 Å². The SMILES string of the molecule is CNCC1CCN(C(=O)CNc2c(C)cccc2C)C1. The molecular weight excluding hydrogens is 250 g/mol. The lowest BCUT2D eigenvalue weighted by molar-refractivity contribution is -0.128. The predicted octanol–water partition coefficient (Wildman–Crippen LogP) is 1.78. The maximum Gasteiger partial charge on any atom is 0.241 e. The van der Waals surface area contributed by atoms with E-state index in [2.05, 4.69) is 36.6 Å². The number of hydrogen-bond donors (Lipinski definition) is 2. The summed E-state index contributed by atoms with van der Waals surface area (Å²) in [5, 5.41) is 6.49. The van der Waals surface area contributed by atoms with Gasteiger partial charge < -0.3 is 15.5 Å². The van der Waals surface area contributed by atoms with Crippen molar-refractivity contribution in [3.8, 4) is 0 Å². The molecule has 1 amide bonds. The summed E-state index contributed by atoms with van der Waals surface area (Å²) in [6.45, 7) is 7.29. The second-order valence-electron chi connectivity index (χ2n) is 5.67. The van der Waals surface area contributed by atoms with Crippen molar-refractivity contribution in [2.75, 3.05) is 38.5 Å². The normalized spacial score (nSPS) is 18.4. The lowest BCUT2D eigenvalue weighted by Crippen LogP contribution is -2.34. The monoisotopic (exact) mass is 275 g/mol. The molecule has 2 rings (SSSR count). The Labute approximate surface area is 121 Å². The van der Waals surface area contributed by atoms with E-state index in [0.717, 1.165) is 31.7 Å². The third-order valence-corrected chi connectivity index (χ3v) is 4.03. The Balaban J connectivity index is 1.87. The summed E-state index contributed by atoms with van der Waals surface area (Å²) in [5.74, 6) is 0.801. The van der Waals surface area contributed by atoms with Gasteiger partial charge in [0.25, 0.3) is 0 Å². The van der Waals surface area contributed by atoms with Crippen molar-refractivity contribution in [3.63, 3.8) is 0 Å². The van der Waals surface area contributed by atoms with Crippen LogP contribution in [0.3, 0.4) is 0 Å². The van der Waals surface area contributed by atoms with E-state index in [1.807, 2.05) is 18.0 Å². The van der Waals surface area contributed by atoms with Gasteiger partial charge in [0.05, 0.1) is 6.54 Å². The van der Waals surface area contributed by atoms with Crippen molar-refractivity contribution >= 4 is 11.6 Å². The molecule has 1 atom stereocenters. The van der Waals surface area contributed by atoms with Crippen LogP contribution in [-0.4, -0.2) is 44.0 Å². The average Bonchev–Trinajstić information content (AvgIpc) is 2.87. The Morgan fingerprint density at radius 2 is 2.05 bits per heavy atom. The first-order chi connectivity index (χ1) is 9.61. The maximum atomic E-state index is 12.2. The fourth-order valence-electron chi connectivity index (χ4n) is 2.88. The number of likely N-dealkylation sites (tertiary alicyclic amines) is 1. The molecule has 4 heteroatoms. The number of aryl methyl sites for hydroxylation is 2. The maximum absolute atomic E-state index is 12.2. The summed E-state index contributed by atoms with van der Waals surface area (Å²) in [7, 11) is 1.97. The Kier molecular flexibility index (Phi) is 5.01. The quantitative estimate of drug-likeness (QED) is 0.861. The fourth-order valence-corrected chi connectivity index (χ4v) is 2.88. The Bertz CT molecular complexity index is 453. The van der Waals surface area contributed by atoms with Crippen molar-refractivity contribution in [2.24, 2.45) is 5.92 Å². The molecule has 20 heavy (non-hydrogen) atoms. The molecule has 1 saturated heterocycles. The second kappa shape index (κ2) is 6.75. The number of nitrogens with zero attached hydrogens (tertiary/aromatic N) is 1. The molecule has 0 aliphatic carbocycles. The van der Waals surface area contributed by atoms with E-state index < -0.39 is 0 Å². The van der Waals surface area contributed by atoms with Gasteiger partial charge in [-0.05, 0) is 50.9 Å². The zero-order chi connectivity index (χ0) is 14.5. The van der Waals surface area contributed by atoms with Gasteiger partial charge in [-0.25, -0.2) is 0 Å². The molecule has 2 N–H and O–H groups in total. The van der Waals surface area contributed by atoms with Gasteiger partial charge in [-0.1, -0.05) is 18.2 Å². The minimum atomic E-state index is 0.200. The van der Waals surface area contributed by atoms with Crippen LogP contribution in [0.2, 0.25) is 0 Å². The smallest absolute Gasteiger partial charge is 0.241 e. The first-order valence-electron chi connectivity index (χ1n) is 7.34. The molecule has 0 spiro atoms. The lowest BCUT2D eigenvalue weighted by atomic mass is 10.1. The van der Waals surface area contributed by atoms with E-state index in [1.54, 1.807) is 0 Å². The number of benzene rings is 1. The van der Waals surface area contributed by atoms with Crippen LogP contribution in [0, 0.1) is 19.8 Å². The van der Waals surface area contributed by atoms with Crippen LogP contribution < -0.4 is 10.6 Å². The number of anilines is 1. The first kappa shape index (κ1) is 14.9. The molecule has 0 aromatic heterocycles. The van der Waals surface area contributed by atoms with Gasteiger partial charge in [-0.3, -0.25) is 4.79 Å². The average molecular weight is 275 g/mol. The van der Waals surface area contributed by atoms with E-state index in [0.29, 0.717) is 12.5 Å². The molecule has 1 aromatic carbocycles. The van der Waals surface area contributed by atoms with E-state index in [-0.39, 0.29) is 5.91 Å². The minimum absolute atomic E-state index is 0.200. The van der Waals surface area contributed by atoms with Gasteiger partial charge in [0.1, 0.15) is 0 Å². The molecule has 1 heterocycles. The highest BCUT2D eigenvalue weighted by molar-refractivity contribution is 5.81. The predicted molar refractivity (Wildman–Crippen MR) is 83.0 cm³/mol. The zero-order valence-electron chi connectivity index (χ0n) is 12.7. The molecule has 1 fully saturated rings. The fraction of sp³-hybridized carbons (Fsp3) is 0.562. The highest BCUT2D eigenvalue weighted by atomic mass is 16.2. The summed E-state index contributed by atoms with van der Waals surface area (Å²) in [6.07, 6.45) is 1.11. The van der Waals surface area contributed by atoms with E-state index in [9.17, 15) is 4.79 Å². The summed E-state index contributed by atoms with van der Waals surface area (Å²) >= 11 is 0. The molecule has 110 valence electrons. The molecule has 1 aliphatic rings. The molecule has 0 saturated carbocycles. The van der Waals surface area contributed by atoms with Crippen LogP contribution in [0.5, 0.6) is 0 Å². The van der Waals surface area contributed by atoms with Gasteiger partial charge in [0, 0.05) is 18.8 Å². The van der Waals surface area contributed by atoms with Crippen LogP contribution in [0.25, 0.3) is 0 Å². The number of nitrogens with one attached hydrogen (secondary N) is 2. The molecule has 0 bridgehead atoms. The number of amides is 1. The van der Waals surface area contributed by atoms with Crippen molar-refractivity contribution < 1.29 is 4.79 Å². The standard InChI is InChI=1S/C16H25N3O/c1-12-5-4-6-13(2)16(12)18-10-15(20)19-8-7-14(11-19)9-17-3/h4-6,14,17-18H,7-11H2,1-3H3. The van der Waals surface area contributed by atoms with E-state index in [4.69, 9.17) is 0 Å². The summed E-state index contributed by atoms with van der Waals surface area (Å²) in [6, 6.07) is 6.18. The Morgan fingerprint density at radius 1 is 1.35 bits per heavy atom. The number of para-hydroxylation sites is 1. The topological polar surface area (TPSA) is 44.4 Å². The van der Waals surface area contributed by atoms with Gasteiger partial charge in [0.2, 0.25) is 5.91 Å². The molecule has 4 nitrogen and oxygen atoms in total. The summed E-state index contributed by atoms with van der Waals surface area (Å²) in [5.41, 5.74) is 3.46. The number of hydrogen-bond acceptors (Lipinski definition) is 3. The Hall–Kier alpha value is -1.55. The summed E-state index contributed by atoms with van der Waals surface area (Å²) < 4.78 is 0. The molecular formula is C16H25N3O. The summed E-state index contributed by atoms with van der Waals surface area (Å²) in [4.78, 5) is 14.2. The largest absolute Gasteiger partial charge is 0.376 e. The highest BCUT2D eigenvalue weighted by Crippen LogP contribution is 2.20. The van der Waals surface area contributed by atoms with Gasteiger partial charge in [-0.15, -0.1) is 0 Å². The number of carbonyl (C=O) groups is 1. The first-order valence-corrected chi connectivity index (χ1v) is 7.34. The van der Waals surface area contributed by atoms with Crippen molar-refractivity contribution in [2.45, 2.75) is 20.3 Å². The van der Waals surface area contributed by atoms with Gasteiger partial charge in [-0.2, -0.15) is 0 Å². The zero-order valence-corrected chi connectivity index (χ0v) is 12.7. The Morgan fingerprint density at radius 3 is 2.70 bits per heavy atom.